The molecule has 1 N–H and O–H groups in total. The molecule has 1 aromatic rings. The summed E-state index contributed by atoms with van der Waals surface area (Å²) >= 11 is 0. The first-order valence-corrected chi connectivity index (χ1v) is 5.58. The van der Waals surface area contributed by atoms with E-state index in [-0.39, 0.29) is 0 Å². The first-order valence-electron chi connectivity index (χ1n) is 5.58. The first kappa shape index (κ1) is 10.5. The molecule has 0 saturated carbocycles. The van der Waals surface area contributed by atoms with E-state index in [9.17, 15) is 0 Å². The molecule has 1 aliphatic carbocycles. The van der Waals surface area contributed by atoms with Crippen LogP contribution in [0, 0.1) is 0 Å². The molecule has 1 aromatic carbocycles. The molecule has 2 atom stereocenters. The van der Waals surface area contributed by atoms with Gasteiger partial charge in [-0.15, -0.1) is 0 Å². The van der Waals surface area contributed by atoms with E-state index in [0.29, 0.717) is 11.8 Å². The lowest BCUT2D eigenvalue weighted by Crippen LogP contribution is -2.15. The summed E-state index contributed by atoms with van der Waals surface area (Å²) < 4.78 is 5.28. The van der Waals surface area contributed by atoms with Crippen molar-refractivity contribution in [2.75, 3.05) is 20.7 Å². The highest BCUT2D eigenvalue weighted by molar-refractivity contribution is 5.43. The van der Waals surface area contributed by atoms with E-state index < -0.39 is 0 Å². The lowest BCUT2D eigenvalue weighted by molar-refractivity contribution is 0.414. The van der Waals surface area contributed by atoms with Gasteiger partial charge in [-0.05, 0) is 48.6 Å². The highest BCUT2D eigenvalue weighted by Gasteiger charge is 2.27. The number of methoxy groups -OCH3 is 1. The molecule has 0 saturated heterocycles. The summed E-state index contributed by atoms with van der Waals surface area (Å²) in [4.78, 5) is 0. The number of hydrogen-bond donors (Lipinski definition) is 1. The second-order valence-corrected chi connectivity index (χ2v) is 4.39. The van der Waals surface area contributed by atoms with Crippen molar-refractivity contribution < 1.29 is 4.74 Å². The molecule has 0 amide bonds. The van der Waals surface area contributed by atoms with Crippen LogP contribution in [-0.4, -0.2) is 20.7 Å². The Labute approximate surface area is 91.6 Å². The molecule has 0 bridgehead atoms. The Morgan fingerprint density at radius 1 is 1.40 bits per heavy atom. The Morgan fingerprint density at radius 2 is 2.20 bits per heavy atom. The van der Waals surface area contributed by atoms with Gasteiger partial charge in [0.1, 0.15) is 5.75 Å². The third-order valence-corrected chi connectivity index (χ3v) is 3.35. The minimum atomic E-state index is 0.648. The molecular weight excluding hydrogens is 186 g/mol. The Kier molecular flexibility index (Phi) is 2.96. The minimum absolute atomic E-state index is 0.648. The smallest absolute Gasteiger partial charge is 0.119 e. The summed E-state index contributed by atoms with van der Waals surface area (Å²) in [7, 11) is 3.75. The Bertz CT molecular complexity index is 348. The van der Waals surface area contributed by atoms with E-state index in [4.69, 9.17) is 4.74 Å². The van der Waals surface area contributed by atoms with Crippen LogP contribution in [-0.2, 0) is 0 Å². The quantitative estimate of drug-likeness (QED) is 0.818. The third-order valence-electron chi connectivity index (χ3n) is 3.35. The summed E-state index contributed by atoms with van der Waals surface area (Å²) in [5.74, 6) is 2.31. The minimum Gasteiger partial charge on any atom is -0.497 e. The second-order valence-electron chi connectivity index (χ2n) is 4.39. The molecular formula is C13H19NO. The van der Waals surface area contributed by atoms with Crippen LogP contribution >= 0.6 is 0 Å². The van der Waals surface area contributed by atoms with E-state index in [1.807, 2.05) is 7.05 Å². The summed E-state index contributed by atoms with van der Waals surface area (Å²) in [6, 6.07) is 6.48. The molecule has 0 spiro atoms. The fourth-order valence-electron chi connectivity index (χ4n) is 2.60. The maximum Gasteiger partial charge on any atom is 0.119 e. The SMILES string of the molecule is CNCC1CC(C)c2ccc(OC)cc21. The van der Waals surface area contributed by atoms with Crippen molar-refractivity contribution in [3.8, 4) is 5.75 Å². The maximum atomic E-state index is 5.28. The molecule has 15 heavy (non-hydrogen) atoms. The van der Waals surface area contributed by atoms with E-state index in [0.717, 1.165) is 12.3 Å². The average Bonchev–Trinajstić information content (AvgIpc) is 2.56. The van der Waals surface area contributed by atoms with Crippen molar-refractivity contribution in [2.24, 2.45) is 0 Å². The highest BCUT2D eigenvalue weighted by Crippen LogP contribution is 2.42. The van der Waals surface area contributed by atoms with Gasteiger partial charge in [0.25, 0.3) is 0 Å². The lowest BCUT2D eigenvalue weighted by Gasteiger charge is -2.11. The standard InChI is InChI=1S/C13H19NO/c1-9-6-10(8-14-2)13-7-11(15-3)4-5-12(9)13/h4-5,7,9-10,14H,6,8H2,1-3H3. The number of nitrogens with one attached hydrogen (secondary N) is 1. The molecule has 0 radical (unpaired) electrons. The van der Waals surface area contributed by atoms with Gasteiger partial charge in [-0.2, -0.15) is 0 Å². The van der Waals surface area contributed by atoms with Crippen LogP contribution in [0.5, 0.6) is 5.75 Å². The Balaban J connectivity index is 2.34. The number of rotatable bonds is 3. The van der Waals surface area contributed by atoms with Gasteiger partial charge in [-0.1, -0.05) is 13.0 Å². The van der Waals surface area contributed by atoms with Crippen LogP contribution in [0.3, 0.4) is 0 Å². The Morgan fingerprint density at radius 3 is 2.87 bits per heavy atom. The van der Waals surface area contributed by atoms with Crippen LogP contribution in [0.1, 0.15) is 36.3 Å². The third kappa shape index (κ3) is 1.86. The number of likely N-dealkylation sites (N-methyl/N-ethyl adjacent to an activating group) is 1. The van der Waals surface area contributed by atoms with Crippen LogP contribution in [0.15, 0.2) is 18.2 Å². The van der Waals surface area contributed by atoms with E-state index >= 15 is 0 Å². The topological polar surface area (TPSA) is 21.3 Å². The van der Waals surface area contributed by atoms with Gasteiger partial charge in [0.2, 0.25) is 0 Å². The van der Waals surface area contributed by atoms with Crippen LogP contribution in [0.4, 0.5) is 0 Å². The molecule has 2 rings (SSSR count). The second kappa shape index (κ2) is 4.23. The van der Waals surface area contributed by atoms with Gasteiger partial charge < -0.3 is 10.1 Å². The van der Waals surface area contributed by atoms with Crippen LogP contribution < -0.4 is 10.1 Å². The van der Waals surface area contributed by atoms with E-state index in [1.165, 1.54) is 17.5 Å². The summed E-state index contributed by atoms with van der Waals surface area (Å²) in [6.45, 7) is 3.37. The first-order chi connectivity index (χ1) is 7.26. The fourth-order valence-corrected chi connectivity index (χ4v) is 2.60. The zero-order chi connectivity index (χ0) is 10.8. The normalized spacial score (nSPS) is 23.9. The molecule has 0 fully saturated rings. The summed E-state index contributed by atoms with van der Waals surface area (Å²) in [6.07, 6.45) is 1.25. The van der Waals surface area contributed by atoms with Gasteiger partial charge in [0.15, 0.2) is 0 Å². The van der Waals surface area contributed by atoms with Crippen molar-refractivity contribution in [1.82, 2.24) is 5.32 Å². The predicted octanol–water partition coefficient (Wildman–Crippen LogP) is 2.51. The number of benzene rings is 1. The monoisotopic (exact) mass is 205 g/mol. The van der Waals surface area contributed by atoms with Crippen molar-refractivity contribution in [2.45, 2.75) is 25.2 Å². The van der Waals surface area contributed by atoms with Crippen LogP contribution in [0.2, 0.25) is 0 Å². The van der Waals surface area contributed by atoms with Gasteiger partial charge >= 0.3 is 0 Å². The highest BCUT2D eigenvalue weighted by atomic mass is 16.5. The van der Waals surface area contributed by atoms with E-state index in [2.05, 4.69) is 30.4 Å². The summed E-state index contributed by atoms with van der Waals surface area (Å²) in [5.41, 5.74) is 2.97. The molecule has 0 heterocycles. The van der Waals surface area contributed by atoms with Crippen molar-refractivity contribution in [3.05, 3.63) is 29.3 Å². The van der Waals surface area contributed by atoms with Gasteiger partial charge in [-0.3, -0.25) is 0 Å². The Hall–Kier alpha value is -1.02. The number of ether oxygens (including phenoxy) is 1. The molecule has 2 nitrogen and oxygen atoms in total. The molecule has 1 aliphatic rings. The molecule has 2 heteroatoms. The number of hydrogen-bond acceptors (Lipinski definition) is 2. The van der Waals surface area contributed by atoms with Gasteiger partial charge in [0.05, 0.1) is 7.11 Å². The molecule has 82 valence electrons. The van der Waals surface area contributed by atoms with Crippen molar-refractivity contribution >= 4 is 0 Å². The average molecular weight is 205 g/mol. The van der Waals surface area contributed by atoms with Gasteiger partial charge in [0, 0.05) is 6.54 Å². The zero-order valence-electron chi connectivity index (χ0n) is 9.71. The lowest BCUT2D eigenvalue weighted by atomic mass is 10.0. The van der Waals surface area contributed by atoms with Crippen molar-refractivity contribution in [1.29, 1.82) is 0 Å². The number of fused-ring (bicyclic) bond motifs is 1. The van der Waals surface area contributed by atoms with E-state index in [1.54, 1.807) is 7.11 Å². The van der Waals surface area contributed by atoms with Gasteiger partial charge in [-0.25, -0.2) is 0 Å². The summed E-state index contributed by atoms with van der Waals surface area (Å²) in [5, 5.41) is 3.27. The molecule has 2 unspecified atom stereocenters. The maximum absolute atomic E-state index is 5.28. The largest absolute Gasteiger partial charge is 0.497 e. The fraction of sp³-hybridized carbons (Fsp3) is 0.538. The zero-order valence-corrected chi connectivity index (χ0v) is 9.71. The molecule has 0 aromatic heterocycles. The van der Waals surface area contributed by atoms with Crippen LogP contribution in [0.25, 0.3) is 0 Å². The predicted molar refractivity (Wildman–Crippen MR) is 62.7 cm³/mol. The van der Waals surface area contributed by atoms with Crippen molar-refractivity contribution in [3.63, 3.8) is 0 Å². The molecule has 0 aliphatic heterocycles.